The van der Waals surface area contributed by atoms with Gasteiger partial charge in [-0.05, 0) is 26.8 Å². The SMILES string of the molecule is C[C@H](/C=C/C#C[Si](C)(C)C)[C@H](NC(=O)OC(C)(C)C)C(=O)O. The molecule has 22 heavy (non-hydrogen) atoms. The molecular formula is C16H27NO4Si. The summed E-state index contributed by atoms with van der Waals surface area (Å²) in [5.41, 5.74) is 2.49. The van der Waals surface area contributed by atoms with Crippen LogP contribution in [0.1, 0.15) is 27.7 Å². The maximum Gasteiger partial charge on any atom is 0.408 e. The van der Waals surface area contributed by atoms with Crippen molar-refractivity contribution in [1.82, 2.24) is 5.32 Å². The van der Waals surface area contributed by atoms with Crippen LogP contribution in [0.2, 0.25) is 19.6 Å². The molecule has 0 aromatic carbocycles. The van der Waals surface area contributed by atoms with Gasteiger partial charge in [0.25, 0.3) is 0 Å². The molecule has 124 valence electrons. The first-order valence-corrected chi connectivity index (χ1v) is 10.7. The van der Waals surface area contributed by atoms with E-state index in [0.29, 0.717) is 0 Å². The second-order valence-electron chi connectivity index (χ2n) is 7.20. The van der Waals surface area contributed by atoms with Gasteiger partial charge in [-0.2, -0.15) is 0 Å². The van der Waals surface area contributed by atoms with E-state index in [1.54, 1.807) is 39.8 Å². The smallest absolute Gasteiger partial charge is 0.408 e. The molecule has 0 radical (unpaired) electrons. The van der Waals surface area contributed by atoms with Crippen LogP contribution in [0.15, 0.2) is 12.2 Å². The van der Waals surface area contributed by atoms with Gasteiger partial charge in [-0.1, -0.05) is 38.6 Å². The van der Waals surface area contributed by atoms with Crippen LogP contribution in [0.5, 0.6) is 0 Å². The van der Waals surface area contributed by atoms with Crippen LogP contribution in [-0.2, 0) is 9.53 Å². The highest BCUT2D eigenvalue weighted by atomic mass is 28.3. The number of carboxylic acids is 1. The van der Waals surface area contributed by atoms with E-state index in [0.717, 1.165) is 0 Å². The van der Waals surface area contributed by atoms with Crippen LogP contribution in [0.4, 0.5) is 4.79 Å². The van der Waals surface area contributed by atoms with Gasteiger partial charge in [-0.3, -0.25) is 0 Å². The monoisotopic (exact) mass is 325 g/mol. The number of carboxylic acid groups (broad SMARTS) is 1. The molecular weight excluding hydrogens is 298 g/mol. The van der Waals surface area contributed by atoms with Crippen molar-refractivity contribution in [3.8, 4) is 11.5 Å². The molecule has 0 rings (SSSR count). The second-order valence-corrected chi connectivity index (χ2v) is 11.9. The zero-order valence-corrected chi connectivity index (χ0v) is 15.5. The van der Waals surface area contributed by atoms with Gasteiger partial charge in [0.1, 0.15) is 19.7 Å². The molecule has 0 unspecified atom stereocenters. The lowest BCUT2D eigenvalue weighted by atomic mass is 10.0. The Hall–Kier alpha value is -1.74. The topological polar surface area (TPSA) is 75.6 Å². The minimum Gasteiger partial charge on any atom is -0.480 e. The van der Waals surface area contributed by atoms with E-state index in [2.05, 4.69) is 36.4 Å². The number of ether oxygens (including phenoxy) is 1. The highest BCUT2D eigenvalue weighted by molar-refractivity contribution is 6.83. The van der Waals surface area contributed by atoms with Crippen LogP contribution in [0, 0.1) is 17.4 Å². The lowest BCUT2D eigenvalue weighted by Gasteiger charge is -2.23. The third kappa shape index (κ3) is 10.1. The van der Waals surface area contributed by atoms with Crippen molar-refractivity contribution in [2.75, 3.05) is 0 Å². The maximum atomic E-state index is 11.7. The summed E-state index contributed by atoms with van der Waals surface area (Å²) in [7, 11) is -1.45. The highest BCUT2D eigenvalue weighted by Gasteiger charge is 2.27. The highest BCUT2D eigenvalue weighted by Crippen LogP contribution is 2.10. The van der Waals surface area contributed by atoms with Crippen LogP contribution in [0.25, 0.3) is 0 Å². The molecule has 0 saturated carbocycles. The zero-order chi connectivity index (χ0) is 17.6. The summed E-state index contributed by atoms with van der Waals surface area (Å²) >= 11 is 0. The molecule has 0 aliphatic carbocycles. The lowest BCUT2D eigenvalue weighted by Crippen LogP contribution is -2.46. The first-order chi connectivity index (χ1) is 9.82. The number of hydrogen-bond donors (Lipinski definition) is 2. The number of allylic oxidation sites excluding steroid dienone is 1. The fraction of sp³-hybridized carbons (Fsp3) is 0.625. The molecule has 0 spiro atoms. The molecule has 0 fully saturated rings. The van der Waals surface area contributed by atoms with Crippen molar-refractivity contribution in [3.05, 3.63) is 12.2 Å². The predicted octanol–water partition coefficient (Wildman–Crippen LogP) is 3.04. The number of carbonyl (C=O) groups excluding carboxylic acids is 1. The third-order valence-corrected chi connectivity index (χ3v) is 3.29. The Bertz CT molecular complexity index is 489. The van der Waals surface area contributed by atoms with Gasteiger partial charge in [0.2, 0.25) is 0 Å². The van der Waals surface area contributed by atoms with Crippen molar-refractivity contribution in [1.29, 1.82) is 0 Å². The Kier molecular flexibility index (Phi) is 7.40. The Morgan fingerprint density at radius 3 is 2.23 bits per heavy atom. The van der Waals surface area contributed by atoms with E-state index in [-0.39, 0.29) is 0 Å². The molecule has 2 N–H and O–H groups in total. The average Bonchev–Trinajstić information content (AvgIpc) is 2.27. The van der Waals surface area contributed by atoms with Crippen molar-refractivity contribution < 1.29 is 19.4 Å². The molecule has 5 nitrogen and oxygen atoms in total. The maximum absolute atomic E-state index is 11.7. The second kappa shape index (κ2) is 8.04. The molecule has 1 amide bonds. The lowest BCUT2D eigenvalue weighted by molar-refractivity contribution is -0.140. The van der Waals surface area contributed by atoms with Crippen LogP contribution < -0.4 is 5.32 Å². The quantitative estimate of drug-likeness (QED) is 0.615. The summed E-state index contributed by atoms with van der Waals surface area (Å²) in [5.74, 6) is 1.42. The summed E-state index contributed by atoms with van der Waals surface area (Å²) in [4.78, 5) is 23.0. The first kappa shape index (κ1) is 20.3. The molecule has 0 saturated heterocycles. The Morgan fingerprint density at radius 2 is 1.82 bits per heavy atom. The summed E-state index contributed by atoms with van der Waals surface area (Å²) < 4.78 is 5.08. The van der Waals surface area contributed by atoms with Gasteiger partial charge in [0.15, 0.2) is 0 Å². The molecule has 0 aliphatic rings. The summed E-state index contributed by atoms with van der Waals surface area (Å²) in [5, 5.41) is 11.6. The number of alkyl carbamates (subject to hydrolysis) is 1. The van der Waals surface area contributed by atoms with Crippen molar-refractivity contribution >= 4 is 20.1 Å². The van der Waals surface area contributed by atoms with Gasteiger partial charge in [0, 0.05) is 5.92 Å². The fourth-order valence-corrected chi connectivity index (χ4v) is 1.94. The molecule has 0 aliphatic heterocycles. The largest absolute Gasteiger partial charge is 0.480 e. The molecule has 2 atom stereocenters. The molecule has 0 aromatic rings. The van der Waals surface area contributed by atoms with E-state index in [1.165, 1.54) is 0 Å². The van der Waals surface area contributed by atoms with E-state index < -0.39 is 37.7 Å². The van der Waals surface area contributed by atoms with Gasteiger partial charge < -0.3 is 15.2 Å². The third-order valence-electron chi connectivity index (χ3n) is 2.39. The average molecular weight is 325 g/mol. The van der Waals surface area contributed by atoms with Crippen molar-refractivity contribution in [2.45, 2.75) is 59.0 Å². The van der Waals surface area contributed by atoms with Crippen LogP contribution >= 0.6 is 0 Å². The number of carbonyl (C=O) groups is 2. The van der Waals surface area contributed by atoms with E-state index >= 15 is 0 Å². The van der Waals surface area contributed by atoms with Gasteiger partial charge in [-0.15, -0.1) is 5.54 Å². The van der Waals surface area contributed by atoms with Gasteiger partial charge >= 0.3 is 12.1 Å². The first-order valence-electron chi connectivity index (χ1n) is 7.23. The summed E-state index contributed by atoms with van der Waals surface area (Å²) in [6.45, 7) is 13.2. The Morgan fingerprint density at radius 1 is 1.27 bits per heavy atom. The number of hydrogen-bond acceptors (Lipinski definition) is 3. The predicted molar refractivity (Wildman–Crippen MR) is 90.2 cm³/mol. The van der Waals surface area contributed by atoms with Crippen molar-refractivity contribution in [2.24, 2.45) is 5.92 Å². The van der Waals surface area contributed by atoms with Crippen molar-refractivity contribution in [3.63, 3.8) is 0 Å². The normalized spacial score (nSPS) is 14.7. The Balaban J connectivity index is 4.81. The molecule has 0 aromatic heterocycles. The van der Waals surface area contributed by atoms with Gasteiger partial charge in [-0.25, -0.2) is 9.59 Å². The van der Waals surface area contributed by atoms with E-state index in [9.17, 15) is 14.7 Å². The fourth-order valence-electron chi connectivity index (χ4n) is 1.42. The standard InChI is InChI=1S/C16H27NO4Si/c1-12(10-8-9-11-22(5,6)7)13(14(18)19)17-15(20)21-16(2,3)4/h8,10,12-13H,1-7H3,(H,17,20)(H,18,19)/b10-8+/t12-,13+/m1/s1. The Labute approximate surface area is 134 Å². The number of rotatable bonds is 4. The van der Waals surface area contributed by atoms with Crippen LogP contribution in [-0.4, -0.2) is 36.9 Å². The zero-order valence-electron chi connectivity index (χ0n) is 14.5. The van der Waals surface area contributed by atoms with Gasteiger partial charge in [0.05, 0.1) is 0 Å². The number of amides is 1. The molecule has 0 bridgehead atoms. The number of nitrogens with one attached hydrogen (secondary N) is 1. The minimum absolute atomic E-state index is 0.402. The van der Waals surface area contributed by atoms with E-state index in [1.807, 2.05) is 0 Å². The molecule has 6 heteroatoms. The number of aliphatic carboxylic acids is 1. The minimum atomic E-state index is -1.45. The summed E-state index contributed by atoms with van der Waals surface area (Å²) in [6.07, 6.45) is 2.59. The summed E-state index contributed by atoms with van der Waals surface area (Å²) in [6, 6.07) is -1.06. The molecule has 0 heterocycles. The van der Waals surface area contributed by atoms with Crippen LogP contribution in [0.3, 0.4) is 0 Å². The van der Waals surface area contributed by atoms with E-state index in [4.69, 9.17) is 4.74 Å².